The number of hydrogen-bond acceptors (Lipinski definition) is 4. The Morgan fingerprint density at radius 3 is 2.88 bits per heavy atom. The van der Waals surface area contributed by atoms with Crippen LogP contribution in [0.15, 0.2) is 18.2 Å². The molecule has 2 N–H and O–H groups in total. The van der Waals surface area contributed by atoms with Crippen LogP contribution in [0.3, 0.4) is 0 Å². The van der Waals surface area contributed by atoms with Crippen molar-refractivity contribution in [3.63, 3.8) is 0 Å². The third-order valence-electron chi connectivity index (χ3n) is 4.35. The fourth-order valence-corrected chi connectivity index (χ4v) is 2.96. The van der Waals surface area contributed by atoms with Gasteiger partial charge in [0, 0.05) is 25.1 Å². The van der Waals surface area contributed by atoms with Gasteiger partial charge >= 0.3 is 0 Å². The Labute approximate surface area is 147 Å². The lowest BCUT2D eigenvalue weighted by Crippen LogP contribution is -2.52. The predicted octanol–water partition coefficient (Wildman–Crippen LogP) is 1.97. The van der Waals surface area contributed by atoms with Crippen molar-refractivity contribution in [1.29, 1.82) is 0 Å². The molecule has 1 fully saturated rings. The summed E-state index contributed by atoms with van der Waals surface area (Å²) in [4.78, 5) is 12.3. The van der Waals surface area contributed by atoms with E-state index in [9.17, 15) is 13.6 Å². The van der Waals surface area contributed by atoms with Gasteiger partial charge in [0.25, 0.3) is 0 Å². The zero-order valence-electron chi connectivity index (χ0n) is 14.7. The van der Waals surface area contributed by atoms with Crippen LogP contribution in [0, 0.1) is 11.6 Å². The van der Waals surface area contributed by atoms with Crippen molar-refractivity contribution in [2.45, 2.75) is 38.3 Å². The minimum Gasteiger partial charge on any atom is -0.379 e. The highest BCUT2D eigenvalue weighted by Gasteiger charge is 2.29. The average molecular weight is 356 g/mol. The van der Waals surface area contributed by atoms with Crippen LogP contribution in [0.2, 0.25) is 0 Å². The third kappa shape index (κ3) is 5.73. The first-order valence-corrected chi connectivity index (χ1v) is 8.68. The minimum atomic E-state index is -0.867. The molecule has 0 bridgehead atoms. The Kier molecular flexibility index (Phi) is 7.74. The third-order valence-corrected chi connectivity index (χ3v) is 4.35. The quantitative estimate of drug-likeness (QED) is 0.699. The summed E-state index contributed by atoms with van der Waals surface area (Å²) in [6.45, 7) is 6.30. The molecule has 140 valence electrons. The monoisotopic (exact) mass is 356 g/mol. The second-order valence-electron chi connectivity index (χ2n) is 6.10. The van der Waals surface area contributed by atoms with Crippen LogP contribution in [0.4, 0.5) is 8.78 Å². The maximum absolute atomic E-state index is 13.5. The molecular formula is C18H26F2N2O3. The molecule has 0 radical (unpaired) electrons. The Bertz CT molecular complexity index is 571. The lowest BCUT2D eigenvalue weighted by molar-refractivity contribution is -0.133. The topological polar surface area (TPSA) is 59.6 Å². The highest BCUT2D eigenvalue weighted by Crippen LogP contribution is 2.27. The van der Waals surface area contributed by atoms with Crippen molar-refractivity contribution in [2.75, 3.05) is 32.9 Å². The lowest BCUT2D eigenvalue weighted by Gasteiger charge is -2.34. The molecule has 25 heavy (non-hydrogen) atoms. The van der Waals surface area contributed by atoms with E-state index in [2.05, 4.69) is 10.6 Å². The second-order valence-corrected chi connectivity index (χ2v) is 6.10. The van der Waals surface area contributed by atoms with Crippen LogP contribution in [0.25, 0.3) is 0 Å². The van der Waals surface area contributed by atoms with Gasteiger partial charge in [-0.05, 0) is 44.5 Å². The molecule has 3 unspecified atom stereocenters. The summed E-state index contributed by atoms with van der Waals surface area (Å²) >= 11 is 0. The number of carbonyl (C=O) groups is 1. The van der Waals surface area contributed by atoms with Crippen LogP contribution in [0.5, 0.6) is 0 Å². The zero-order valence-corrected chi connectivity index (χ0v) is 14.7. The van der Waals surface area contributed by atoms with E-state index in [1.807, 2.05) is 6.92 Å². The molecule has 1 aliphatic rings. The molecular weight excluding hydrogens is 330 g/mol. The van der Waals surface area contributed by atoms with Crippen LogP contribution < -0.4 is 10.6 Å². The Morgan fingerprint density at radius 1 is 1.36 bits per heavy atom. The number of piperidine rings is 1. The average Bonchev–Trinajstić information content (AvgIpc) is 2.61. The van der Waals surface area contributed by atoms with Gasteiger partial charge in [0.15, 0.2) is 11.6 Å². The molecule has 0 saturated carbocycles. The molecule has 0 aliphatic carbocycles. The molecule has 2 rings (SSSR count). The first kappa shape index (κ1) is 19.8. The molecule has 1 amide bonds. The van der Waals surface area contributed by atoms with Crippen molar-refractivity contribution >= 4 is 5.91 Å². The molecule has 1 aromatic rings. The van der Waals surface area contributed by atoms with Gasteiger partial charge in [-0.2, -0.15) is 0 Å². The van der Waals surface area contributed by atoms with Crippen molar-refractivity contribution in [1.82, 2.24) is 10.6 Å². The van der Waals surface area contributed by atoms with E-state index in [0.717, 1.165) is 19.0 Å². The maximum Gasteiger partial charge on any atom is 0.249 e. The van der Waals surface area contributed by atoms with Gasteiger partial charge in [-0.25, -0.2) is 8.78 Å². The summed E-state index contributed by atoms with van der Waals surface area (Å²) in [7, 11) is 0. The fraction of sp³-hybridized carbons (Fsp3) is 0.611. The first-order valence-electron chi connectivity index (χ1n) is 8.68. The number of halogens is 2. The molecule has 1 heterocycles. The van der Waals surface area contributed by atoms with Gasteiger partial charge in [0.2, 0.25) is 5.91 Å². The van der Waals surface area contributed by atoms with Gasteiger partial charge in [-0.3, -0.25) is 4.79 Å². The van der Waals surface area contributed by atoms with Crippen LogP contribution in [-0.2, 0) is 14.3 Å². The molecule has 7 heteroatoms. The largest absolute Gasteiger partial charge is 0.379 e. The summed E-state index contributed by atoms with van der Waals surface area (Å²) in [5.41, 5.74) is 0.690. The summed E-state index contributed by atoms with van der Waals surface area (Å²) < 4.78 is 37.3. The predicted molar refractivity (Wildman–Crippen MR) is 90.4 cm³/mol. The summed E-state index contributed by atoms with van der Waals surface area (Å²) in [6.07, 6.45) is 0.128. The van der Waals surface area contributed by atoms with E-state index in [1.165, 1.54) is 6.07 Å². The van der Waals surface area contributed by atoms with E-state index >= 15 is 0 Å². The summed E-state index contributed by atoms with van der Waals surface area (Å²) in [6, 6.07) is 3.72. The van der Waals surface area contributed by atoms with E-state index in [1.54, 1.807) is 13.0 Å². The van der Waals surface area contributed by atoms with E-state index < -0.39 is 17.7 Å². The van der Waals surface area contributed by atoms with Crippen molar-refractivity contribution in [2.24, 2.45) is 0 Å². The van der Waals surface area contributed by atoms with Crippen molar-refractivity contribution in [3.05, 3.63) is 35.4 Å². The molecule has 5 nitrogen and oxygen atoms in total. The van der Waals surface area contributed by atoms with Crippen LogP contribution in [-0.4, -0.2) is 51.0 Å². The van der Waals surface area contributed by atoms with Gasteiger partial charge < -0.3 is 20.1 Å². The number of ether oxygens (including phenoxy) is 2. The van der Waals surface area contributed by atoms with Gasteiger partial charge in [0.05, 0.1) is 13.2 Å². The molecule has 1 saturated heterocycles. The lowest BCUT2D eigenvalue weighted by atomic mass is 9.86. The summed E-state index contributed by atoms with van der Waals surface area (Å²) in [5.74, 6) is -2.03. The standard InChI is InChI=1S/C18H26F2N2O3/c1-3-24-8-9-25-12(2)18(23)22-17-11-21-7-6-14(17)13-4-5-15(19)16(20)10-13/h4-5,10,12,14,17,21H,3,6-9,11H2,1-2H3,(H,22,23). The number of amides is 1. The van der Waals surface area contributed by atoms with Crippen molar-refractivity contribution in [3.8, 4) is 0 Å². The molecule has 3 atom stereocenters. The highest BCUT2D eigenvalue weighted by molar-refractivity contribution is 5.80. The van der Waals surface area contributed by atoms with E-state index in [0.29, 0.717) is 31.9 Å². The van der Waals surface area contributed by atoms with Crippen LogP contribution in [0.1, 0.15) is 31.7 Å². The van der Waals surface area contributed by atoms with E-state index in [-0.39, 0.29) is 17.9 Å². The Balaban J connectivity index is 1.95. The smallest absolute Gasteiger partial charge is 0.249 e. The fourth-order valence-electron chi connectivity index (χ4n) is 2.96. The maximum atomic E-state index is 13.5. The first-order chi connectivity index (χ1) is 12.0. The second kappa shape index (κ2) is 9.79. The van der Waals surface area contributed by atoms with E-state index in [4.69, 9.17) is 9.47 Å². The minimum absolute atomic E-state index is 0.0732. The number of carbonyl (C=O) groups excluding carboxylic acids is 1. The summed E-state index contributed by atoms with van der Waals surface area (Å²) in [5, 5.41) is 6.18. The molecule has 0 spiro atoms. The number of hydrogen-bond donors (Lipinski definition) is 2. The van der Waals surface area contributed by atoms with Gasteiger partial charge in [0.1, 0.15) is 6.10 Å². The normalized spacial score (nSPS) is 21.8. The highest BCUT2D eigenvalue weighted by atomic mass is 19.2. The molecule has 1 aromatic carbocycles. The number of benzene rings is 1. The van der Waals surface area contributed by atoms with Crippen LogP contribution >= 0.6 is 0 Å². The molecule has 0 aromatic heterocycles. The molecule has 1 aliphatic heterocycles. The number of rotatable bonds is 8. The van der Waals surface area contributed by atoms with Crippen molar-refractivity contribution < 1.29 is 23.0 Å². The van der Waals surface area contributed by atoms with Gasteiger partial charge in [-0.1, -0.05) is 6.07 Å². The Hall–Kier alpha value is -1.57. The zero-order chi connectivity index (χ0) is 18.2. The Morgan fingerprint density at radius 2 is 2.16 bits per heavy atom. The van der Waals surface area contributed by atoms with Gasteiger partial charge in [-0.15, -0.1) is 0 Å². The number of nitrogens with one attached hydrogen (secondary N) is 2. The SMILES string of the molecule is CCOCCOC(C)C(=O)NC1CNCCC1c1ccc(F)c(F)c1.